The van der Waals surface area contributed by atoms with Crippen molar-refractivity contribution in [3.05, 3.63) is 54.0 Å². The van der Waals surface area contributed by atoms with E-state index in [1.54, 1.807) is 6.07 Å². The van der Waals surface area contributed by atoms with Crippen LogP contribution in [0.2, 0.25) is 0 Å². The molecular weight excluding hydrogens is 352 g/mol. The van der Waals surface area contributed by atoms with Crippen LogP contribution in [-0.2, 0) is 9.53 Å². The Morgan fingerprint density at radius 2 is 1.85 bits per heavy atom. The number of furan rings is 1. The molecule has 7 nitrogen and oxygen atoms in total. The van der Waals surface area contributed by atoms with Gasteiger partial charge in [0.2, 0.25) is 0 Å². The summed E-state index contributed by atoms with van der Waals surface area (Å²) < 4.78 is 37.9. The number of ether oxygens (including phenoxy) is 2. The molecule has 0 saturated carbocycles. The zero-order valence-electron chi connectivity index (χ0n) is 13.4. The SMILES string of the molecule is O=C(CCNC(=O)c1ccco1)OCC(=O)c1ccc(OC(F)F)cc1. The second-order valence-corrected chi connectivity index (χ2v) is 4.97. The van der Waals surface area contributed by atoms with Crippen molar-refractivity contribution in [1.29, 1.82) is 0 Å². The molecule has 0 aliphatic carbocycles. The summed E-state index contributed by atoms with van der Waals surface area (Å²) in [4.78, 5) is 35.0. The fourth-order valence-corrected chi connectivity index (χ4v) is 1.90. The fourth-order valence-electron chi connectivity index (χ4n) is 1.90. The van der Waals surface area contributed by atoms with E-state index in [1.165, 1.54) is 36.6 Å². The monoisotopic (exact) mass is 367 g/mol. The smallest absolute Gasteiger partial charge is 0.387 e. The van der Waals surface area contributed by atoms with Crippen molar-refractivity contribution in [2.75, 3.05) is 13.2 Å². The summed E-state index contributed by atoms with van der Waals surface area (Å²) in [7, 11) is 0. The third-order valence-electron chi connectivity index (χ3n) is 3.13. The van der Waals surface area contributed by atoms with Crippen molar-refractivity contribution in [1.82, 2.24) is 5.32 Å². The Bertz CT molecular complexity index is 743. The number of esters is 1. The first kappa shape index (κ1) is 19.1. The molecule has 0 spiro atoms. The Balaban J connectivity index is 1.69. The predicted molar refractivity (Wildman–Crippen MR) is 84.0 cm³/mol. The van der Waals surface area contributed by atoms with Gasteiger partial charge in [-0.2, -0.15) is 8.78 Å². The highest BCUT2D eigenvalue weighted by Gasteiger charge is 2.12. The molecule has 0 unspecified atom stereocenters. The Morgan fingerprint density at radius 3 is 2.46 bits per heavy atom. The Hall–Kier alpha value is -3.23. The highest BCUT2D eigenvalue weighted by Crippen LogP contribution is 2.15. The molecule has 1 N–H and O–H groups in total. The number of benzene rings is 1. The number of carbonyl (C=O) groups is 3. The van der Waals surface area contributed by atoms with Crippen LogP contribution in [0, 0.1) is 0 Å². The lowest BCUT2D eigenvalue weighted by molar-refractivity contribution is -0.142. The maximum atomic E-state index is 12.0. The number of alkyl halides is 2. The molecular formula is C17H15F2NO6. The van der Waals surface area contributed by atoms with Gasteiger partial charge in [-0.15, -0.1) is 0 Å². The average Bonchev–Trinajstić information content (AvgIpc) is 3.14. The highest BCUT2D eigenvalue weighted by molar-refractivity contribution is 5.98. The van der Waals surface area contributed by atoms with Crippen molar-refractivity contribution in [2.24, 2.45) is 0 Å². The van der Waals surface area contributed by atoms with Crippen LogP contribution < -0.4 is 10.1 Å². The second-order valence-electron chi connectivity index (χ2n) is 4.97. The summed E-state index contributed by atoms with van der Waals surface area (Å²) in [5.74, 6) is -1.60. The minimum Gasteiger partial charge on any atom is -0.459 e. The predicted octanol–water partition coefficient (Wildman–Crippen LogP) is 2.43. The molecule has 0 aliphatic heterocycles. The number of ketones is 1. The number of Topliss-reactive ketones (excluding diaryl/α,β-unsaturated/α-hetero) is 1. The number of hydrogen-bond acceptors (Lipinski definition) is 6. The number of rotatable bonds is 9. The first-order chi connectivity index (χ1) is 12.5. The maximum absolute atomic E-state index is 12.0. The van der Waals surface area contributed by atoms with Crippen LogP contribution >= 0.6 is 0 Å². The van der Waals surface area contributed by atoms with E-state index in [9.17, 15) is 23.2 Å². The van der Waals surface area contributed by atoms with Crippen LogP contribution in [0.25, 0.3) is 0 Å². The van der Waals surface area contributed by atoms with Gasteiger partial charge in [-0.05, 0) is 36.4 Å². The highest BCUT2D eigenvalue weighted by atomic mass is 19.3. The first-order valence-corrected chi connectivity index (χ1v) is 7.51. The lowest BCUT2D eigenvalue weighted by Crippen LogP contribution is -2.26. The van der Waals surface area contributed by atoms with Crippen LogP contribution in [0.15, 0.2) is 47.1 Å². The van der Waals surface area contributed by atoms with Gasteiger partial charge in [-0.25, -0.2) is 0 Å². The van der Waals surface area contributed by atoms with E-state index in [1.807, 2.05) is 0 Å². The Labute approximate surface area is 146 Å². The van der Waals surface area contributed by atoms with Gasteiger partial charge >= 0.3 is 12.6 Å². The summed E-state index contributed by atoms with van der Waals surface area (Å²) >= 11 is 0. The molecule has 0 atom stereocenters. The number of carbonyl (C=O) groups excluding carboxylic acids is 3. The summed E-state index contributed by atoms with van der Waals surface area (Å²) in [5, 5.41) is 2.46. The number of hydrogen-bond donors (Lipinski definition) is 1. The van der Waals surface area contributed by atoms with E-state index in [4.69, 9.17) is 9.15 Å². The number of halogens is 2. The van der Waals surface area contributed by atoms with Gasteiger partial charge in [0, 0.05) is 12.1 Å². The first-order valence-electron chi connectivity index (χ1n) is 7.51. The third kappa shape index (κ3) is 6.00. The molecule has 26 heavy (non-hydrogen) atoms. The van der Waals surface area contributed by atoms with Gasteiger partial charge in [0.15, 0.2) is 18.2 Å². The lowest BCUT2D eigenvalue weighted by atomic mass is 10.1. The van der Waals surface area contributed by atoms with E-state index in [0.717, 1.165) is 0 Å². The quantitative estimate of drug-likeness (QED) is 0.540. The summed E-state index contributed by atoms with van der Waals surface area (Å²) in [5.41, 5.74) is 0.186. The third-order valence-corrected chi connectivity index (χ3v) is 3.13. The van der Waals surface area contributed by atoms with Crippen molar-refractivity contribution < 1.29 is 37.1 Å². The van der Waals surface area contributed by atoms with Gasteiger partial charge in [0.25, 0.3) is 5.91 Å². The molecule has 0 fully saturated rings. The Morgan fingerprint density at radius 1 is 1.12 bits per heavy atom. The molecule has 0 saturated heterocycles. The minimum absolute atomic E-state index is 0.0201. The fraction of sp³-hybridized carbons (Fsp3) is 0.235. The van der Waals surface area contributed by atoms with Gasteiger partial charge in [0.1, 0.15) is 5.75 Å². The molecule has 1 heterocycles. The summed E-state index contributed by atoms with van der Waals surface area (Å²) in [6.45, 7) is -3.43. The van der Waals surface area contributed by atoms with Crippen molar-refractivity contribution >= 4 is 17.7 Å². The zero-order valence-corrected chi connectivity index (χ0v) is 13.4. The molecule has 2 aromatic rings. The summed E-state index contributed by atoms with van der Waals surface area (Å²) in [6.07, 6.45) is 1.22. The van der Waals surface area contributed by atoms with Gasteiger partial charge in [-0.3, -0.25) is 14.4 Å². The second kappa shape index (κ2) is 9.30. The maximum Gasteiger partial charge on any atom is 0.387 e. The van der Waals surface area contributed by atoms with Crippen molar-refractivity contribution in [3.63, 3.8) is 0 Å². The van der Waals surface area contributed by atoms with Crippen LogP contribution in [0.4, 0.5) is 8.78 Å². The van der Waals surface area contributed by atoms with E-state index in [0.29, 0.717) is 0 Å². The largest absolute Gasteiger partial charge is 0.459 e. The van der Waals surface area contributed by atoms with Gasteiger partial charge in [0.05, 0.1) is 12.7 Å². The van der Waals surface area contributed by atoms with Crippen molar-refractivity contribution in [3.8, 4) is 5.75 Å². The summed E-state index contributed by atoms with van der Waals surface area (Å²) in [6, 6.07) is 8.04. The molecule has 2 rings (SSSR count). The van der Waals surface area contributed by atoms with E-state index < -0.39 is 30.9 Å². The minimum atomic E-state index is -2.95. The van der Waals surface area contributed by atoms with Crippen LogP contribution in [0.1, 0.15) is 27.3 Å². The zero-order chi connectivity index (χ0) is 18.9. The topological polar surface area (TPSA) is 94.8 Å². The van der Waals surface area contributed by atoms with Crippen molar-refractivity contribution in [2.45, 2.75) is 13.0 Å². The van der Waals surface area contributed by atoms with Crippen LogP contribution in [-0.4, -0.2) is 37.4 Å². The van der Waals surface area contributed by atoms with Crippen LogP contribution in [0.3, 0.4) is 0 Å². The standard InChI is InChI=1S/C17H15F2NO6/c18-17(19)26-12-5-3-11(4-6-12)13(21)10-25-15(22)7-8-20-16(23)14-2-1-9-24-14/h1-6,9,17H,7-8,10H2,(H,20,23). The van der Waals surface area contributed by atoms with E-state index in [-0.39, 0.29) is 30.0 Å². The molecule has 0 radical (unpaired) electrons. The molecule has 0 aliphatic rings. The molecule has 1 aromatic carbocycles. The lowest BCUT2D eigenvalue weighted by Gasteiger charge is -2.07. The number of amides is 1. The van der Waals surface area contributed by atoms with Gasteiger partial charge in [-0.1, -0.05) is 0 Å². The molecule has 1 aromatic heterocycles. The molecule has 0 bridgehead atoms. The average molecular weight is 367 g/mol. The van der Waals surface area contributed by atoms with Gasteiger partial charge < -0.3 is 19.2 Å². The normalized spacial score (nSPS) is 10.4. The number of nitrogens with one attached hydrogen (secondary N) is 1. The van der Waals surface area contributed by atoms with E-state index >= 15 is 0 Å². The van der Waals surface area contributed by atoms with E-state index in [2.05, 4.69) is 10.1 Å². The molecule has 138 valence electrons. The Kier molecular flexibility index (Phi) is 6.84. The molecule has 1 amide bonds. The van der Waals surface area contributed by atoms with Crippen LogP contribution in [0.5, 0.6) is 5.75 Å². The molecule has 9 heteroatoms.